The molecule has 0 aliphatic rings. The van der Waals surface area contributed by atoms with E-state index in [1.807, 2.05) is 0 Å². The predicted octanol–water partition coefficient (Wildman–Crippen LogP) is 3.68. The maximum atomic E-state index is 13.2. The van der Waals surface area contributed by atoms with Crippen LogP contribution in [0.2, 0.25) is 5.02 Å². The third-order valence-electron chi connectivity index (χ3n) is 4.10. The molecule has 2 rings (SSSR count). The Labute approximate surface area is 164 Å². The zero-order valence-electron chi connectivity index (χ0n) is 15.4. The standard InChI is InChI=1S/C19H22ClFN2O3S/c1-4-18(19(24)22(2)13-14-5-7-15(20)8-6-14)23(27(3,25)26)17-11-9-16(21)10-12-17/h5-12,18H,4,13H2,1-3H3/t18-/m0/s1. The van der Waals surface area contributed by atoms with Crippen molar-refractivity contribution < 1.29 is 17.6 Å². The van der Waals surface area contributed by atoms with Gasteiger partial charge in [0.2, 0.25) is 15.9 Å². The maximum Gasteiger partial charge on any atom is 0.246 e. The SMILES string of the molecule is CC[C@@H](C(=O)N(C)Cc1ccc(Cl)cc1)N(c1ccc(F)cc1)S(C)(=O)=O. The third kappa shape index (κ3) is 5.43. The molecule has 146 valence electrons. The summed E-state index contributed by atoms with van der Waals surface area (Å²) in [5.41, 5.74) is 1.12. The van der Waals surface area contributed by atoms with E-state index >= 15 is 0 Å². The second-order valence-corrected chi connectivity index (χ2v) is 8.58. The maximum absolute atomic E-state index is 13.2. The highest BCUT2D eigenvalue weighted by atomic mass is 35.5. The van der Waals surface area contributed by atoms with Crippen molar-refractivity contribution in [2.45, 2.75) is 25.9 Å². The van der Waals surface area contributed by atoms with Crippen molar-refractivity contribution in [2.24, 2.45) is 0 Å². The van der Waals surface area contributed by atoms with E-state index in [2.05, 4.69) is 0 Å². The lowest BCUT2D eigenvalue weighted by Crippen LogP contribution is -2.49. The molecule has 0 radical (unpaired) electrons. The van der Waals surface area contributed by atoms with Crippen LogP contribution in [0, 0.1) is 5.82 Å². The van der Waals surface area contributed by atoms with Crippen LogP contribution in [-0.4, -0.2) is 38.6 Å². The molecule has 0 aliphatic carbocycles. The van der Waals surface area contributed by atoms with Gasteiger partial charge in [0, 0.05) is 18.6 Å². The molecule has 0 aliphatic heterocycles. The second-order valence-electron chi connectivity index (χ2n) is 6.28. The minimum absolute atomic E-state index is 0.249. The molecule has 0 saturated heterocycles. The average molecular weight is 413 g/mol. The van der Waals surface area contributed by atoms with Gasteiger partial charge in [0.05, 0.1) is 11.9 Å². The number of carbonyl (C=O) groups is 1. The van der Waals surface area contributed by atoms with Crippen LogP contribution in [-0.2, 0) is 21.4 Å². The highest BCUT2D eigenvalue weighted by Crippen LogP contribution is 2.24. The number of rotatable bonds is 7. The number of sulfonamides is 1. The molecule has 5 nitrogen and oxygen atoms in total. The summed E-state index contributed by atoms with van der Waals surface area (Å²) in [7, 11) is -2.14. The topological polar surface area (TPSA) is 57.7 Å². The highest BCUT2D eigenvalue weighted by Gasteiger charge is 2.33. The van der Waals surface area contributed by atoms with Gasteiger partial charge in [-0.2, -0.15) is 0 Å². The normalized spacial score (nSPS) is 12.5. The van der Waals surface area contributed by atoms with Gasteiger partial charge >= 0.3 is 0 Å². The fourth-order valence-electron chi connectivity index (χ4n) is 2.83. The highest BCUT2D eigenvalue weighted by molar-refractivity contribution is 7.92. The lowest BCUT2D eigenvalue weighted by Gasteiger charge is -2.32. The van der Waals surface area contributed by atoms with Gasteiger partial charge in [-0.1, -0.05) is 30.7 Å². The van der Waals surface area contributed by atoms with Gasteiger partial charge in [-0.15, -0.1) is 0 Å². The summed E-state index contributed by atoms with van der Waals surface area (Å²) >= 11 is 5.87. The Bertz CT molecular complexity index is 886. The van der Waals surface area contributed by atoms with E-state index in [4.69, 9.17) is 11.6 Å². The summed E-state index contributed by atoms with van der Waals surface area (Å²) in [4.78, 5) is 14.5. The number of hydrogen-bond acceptors (Lipinski definition) is 3. The van der Waals surface area contributed by atoms with E-state index in [0.717, 1.165) is 16.1 Å². The van der Waals surface area contributed by atoms with Crippen molar-refractivity contribution in [1.29, 1.82) is 0 Å². The molecule has 0 fully saturated rings. The Morgan fingerprint density at radius 1 is 1.11 bits per heavy atom. The van der Waals surface area contributed by atoms with E-state index < -0.39 is 21.9 Å². The number of carbonyl (C=O) groups excluding carboxylic acids is 1. The first-order valence-corrected chi connectivity index (χ1v) is 10.6. The molecule has 27 heavy (non-hydrogen) atoms. The van der Waals surface area contributed by atoms with Crippen LogP contribution in [0.3, 0.4) is 0 Å². The van der Waals surface area contributed by atoms with Gasteiger partial charge in [0.15, 0.2) is 0 Å². The molecule has 1 atom stereocenters. The molecular weight excluding hydrogens is 391 g/mol. The number of anilines is 1. The van der Waals surface area contributed by atoms with Gasteiger partial charge in [-0.3, -0.25) is 9.10 Å². The zero-order valence-corrected chi connectivity index (χ0v) is 17.0. The lowest BCUT2D eigenvalue weighted by atomic mass is 10.1. The largest absolute Gasteiger partial charge is 0.340 e. The summed E-state index contributed by atoms with van der Waals surface area (Å²) in [6.45, 7) is 2.05. The number of amides is 1. The van der Waals surface area contributed by atoms with Gasteiger partial charge in [0.1, 0.15) is 11.9 Å². The summed E-state index contributed by atoms with van der Waals surface area (Å²) < 4.78 is 39.1. The predicted molar refractivity (Wildman–Crippen MR) is 106 cm³/mol. The smallest absolute Gasteiger partial charge is 0.246 e. The van der Waals surface area contributed by atoms with Crippen LogP contribution in [0.5, 0.6) is 0 Å². The van der Waals surface area contributed by atoms with Gasteiger partial charge < -0.3 is 4.90 Å². The van der Waals surface area contributed by atoms with E-state index in [1.165, 1.54) is 29.2 Å². The second kappa shape index (κ2) is 8.71. The number of halogens is 2. The van der Waals surface area contributed by atoms with Gasteiger partial charge in [-0.05, 0) is 48.4 Å². The Morgan fingerprint density at radius 2 is 1.67 bits per heavy atom. The Morgan fingerprint density at radius 3 is 2.15 bits per heavy atom. The van der Waals surface area contributed by atoms with Crippen molar-refractivity contribution in [1.82, 2.24) is 4.90 Å². The molecule has 0 saturated carbocycles. The van der Waals surface area contributed by atoms with Crippen LogP contribution in [0.4, 0.5) is 10.1 Å². The van der Waals surface area contributed by atoms with Crippen molar-refractivity contribution >= 4 is 33.2 Å². The molecule has 0 N–H and O–H groups in total. The van der Waals surface area contributed by atoms with Crippen LogP contribution in [0.25, 0.3) is 0 Å². The van der Waals surface area contributed by atoms with Crippen LogP contribution in [0.1, 0.15) is 18.9 Å². The number of benzene rings is 2. The zero-order chi connectivity index (χ0) is 20.2. The third-order valence-corrected chi connectivity index (χ3v) is 5.53. The quantitative estimate of drug-likeness (QED) is 0.697. The molecule has 8 heteroatoms. The number of hydrogen-bond donors (Lipinski definition) is 0. The van der Waals surface area contributed by atoms with Crippen LogP contribution >= 0.6 is 11.6 Å². The molecule has 0 aromatic heterocycles. The van der Waals surface area contributed by atoms with Crippen LogP contribution < -0.4 is 4.31 Å². The summed E-state index contributed by atoms with van der Waals surface area (Å²) in [6, 6.07) is 11.2. The first kappa shape index (κ1) is 21.2. The molecule has 0 bridgehead atoms. The molecule has 0 spiro atoms. The number of nitrogens with zero attached hydrogens (tertiary/aromatic N) is 2. The van der Waals surface area contributed by atoms with Crippen LogP contribution in [0.15, 0.2) is 48.5 Å². The van der Waals surface area contributed by atoms with Gasteiger partial charge in [-0.25, -0.2) is 12.8 Å². The molecule has 0 unspecified atom stereocenters. The summed E-state index contributed by atoms with van der Waals surface area (Å²) in [5, 5.41) is 0.596. The molecular formula is C19H22ClFN2O3S. The molecule has 0 heterocycles. The van der Waals surface area contributed by atoms with Crippen molar-refractivity contribution in [3.05, 3.63) is 64.9 Å². The Kier molecular flexibility index (Phi) is 6.84. The van der Waals surface area contributed by atoms with Crippen molar-refractivity contribution in [2.75, 3.05) is 17.6 Å². The summed E-state index contributed by atoms with van der Waals surface area (Å²) in [6.07, 6.45) is 1.31. The van der Waals surface area contributed by atoms with E-state index in [0.29, 0.717) is 11.6 Å². The lowest BCUT2D eigenvalue weighted by molar-refractivity contribution is -0.131. The molecule has 1 amide bonds. The number of likely N-dealkylation sites (N-methyl/N-ethyl adjacent to an activating group) is 1. The van der Waals surface area contributed by atoms with Gasteiger partial charge in [0.25, 0.3) is 0 Å². The van der Waals surface area contributed by atoms with Crippen molar-refractivity contribution in [3.8, 4) is 0 Å². The average Bonchev–Trinajstić information content (AvgIpc) is 2.61. The Balaban J connectivity index is 2.30. The minimum atomic E-state index is -3.75. The van der Waals surface area contributed by atoms with Crippen molar-refractivity contribution in [3.63, 3.8) is 0 Å². The first-order chi connectivity index (χ1) is 12.6. The minimum Gasteiger partial charge on any atom is -0.340 e. The Hall–Kier alpha value is -2.12. The molecule has 2 aromatic rings. The first-order valence-electron chi connectivity index (χ1n) is 8.38. The fourth-order valence-corrected chi connectivity index (χ4v) is 4.16. The van der Waals surface area contributed by atoms with E-state index in [1.54, 1.807) is 38.2 Å². The molecule has 2 aromatic carbocycles. The van der Waals surface area contributed by atoms with E-state index in [9.17, 15) is 17.6 Å². The monoisotopic (exact) mass is 412 g/mol. The fraction of sp³-hybridized carbons (Fsp3) is 0.316. The van der Waals surface area contributed by atoms with E-state index in [-0.39, 0.29) is 18.0 Å². The summed E-state index contributed by atoms with van der Waals surface area (Å²) in [5.74, 6) is -0.825.